The van der Waals surface area contributed by atoms with Crippen LogP contribution >= 0.6 is 0 Å². The topological polar surface area (TPSA) is 97.4 Å². The summed E-state index contributed by atoms with van der Waals surface area (Å²) in [4.78, 5) is 0. The summed E-state index contributed by atoms with van der Waals surface area (Å²) in [6.07, 6.45) is 0. The van der Waals surface area contributed by atoms with Crippen molar-refractivity contribution in [2.75, 3.05) is 0 Å². The summed E-state index contributed by atoms with van der Waals surface area (Å²) in [6.45, 7) is 0. The number of benzene rings is 2. The first kappa shape index (κ1) is 17.1. The molecule has 0 aliphatic heterocycles. The van der Waals surface area contributed by atoms with E-state index in [1.54, 1.807) is 0 Å². The van der Waals surface area contributed by atoms with Crippen molar-refractivity contribution >= 4 is 0 Å². The van der Waals surface area contributed by atoms with Gasteiger partial charge in [-0.3, -0.25) is 0 Å². The zero-order chi connectivity index (χ0) is 18.9. The van der Waals surface area contributed by atoms with Gasteiger partial charge in [0.2, 0.25) is 0 Å². The largest absolute Gasteiger partial charge is 0.399 e. The molecule has 126 valence electrons. The zero-order valence-electron chi connectivity index (χ0n) is 13.4. The van der Waals surface area contributed by atoms with E-state index < -0.39 is 28.9 Å². The third-order valence-electron chi connectivity index (χ3n) is 4.76. The molecule has 0 saturated heterocycles. The van der Waals surface area contributed by atoms with Gasteiger partial charge in [0.05, 0.1) is 29.5 Å². The van der Waals surface area contributed by atoms with Gasteiger partial charge in [0.15, 0.2) is 5.41 Å². The number of nitrogens with two attached hydrogens (primary N) is 1. The monoisotopic (exact) mass is 346 g/mol. The van der Waals surface area contributed by atoms with Crippen molar-refractivity contribution in [3.63, 3.8) is 0 Å². The van der Waals surface area contributed by atoms with Crippen LogP contribution in [0.25, 0.3) is 0 Å². The smallest absolute Gasteiger partial charge is 0.191 e. The lowest BCUT2D eigenvalue weighted by Crippen LogP contribution is -2.29. The predicted molar refractivity (Wildman–Crippen MR) is 88.8 cm³/mol. The van der Waals surface area contributed by atoms with Crippen molar-refractivity contribution in [3.8, 4) is 18.2 Å². The molecule has 0 fully saturated rings. The lowest BCUT2D eigenvalue weighted by atomic mass is 9.70. The molecule has 26 heavy (non-hydrogen) atoms. The van der Waals surface area contributed by atoms with Gasteiger partial charge in [-0.15, -0.1) is 0 Å². The van der Waals surface area contributed by atoms with Crippen LogP contribution < -0.4 is 5.73 Å². The van der Waals surface area contributed by atoms with Crippen LogP contribution in [-0.4, -0.2) is 0 Å². The van der Waals surface area contributed by atoms with Crippen molar-refractivity contribution < 1.29 is 8.78 Å². The highest BCUT2D eigenvalue weighted by atomic mass is 19.1. The second-order valence-corrected chi connectivity index (χ2v) is 6.03. The van der Waals surface area contributed by atoms with Gasteiger partial charge in [0.25, 0.3) is 0 Å². The maximum Gasteiger partial charge on any atom is 0.191 e. The first-order valence-corrected chi connectivity index (χ1v) is 7.72. The van der Waals surface area contributed by atoms with Crippen molar-refractivity contribution in [1.82, 2.24) is 0 Å². The van der Waals surface area contributed by atoms with Crippen LogP contribution in [0.2, 0.25) is 0 Å². The van der Waals surface area contributed by atoms with Crippen LogP contribution in [0.5, 0.6) is 0 Å². The molecule has 1 aliphatic carbocycles. The number of rotatable bonds is 2. The molecule has 6 heteroatoms. The van der Waals surface area contributed by atoms with Crippen LogP contribution in [0.3, 0.4) is 0 Å². The van der Waals surface area contributed by atoms with E-state index in [0.29, 0.717) is 11.1 Å². The number of allylic oxidation sites excluding steroid dienone is 2. The van der Waals surface area contributed by atoms with Gasteiger partial charge in [-0.05, 0) is 35.4 Å². The van der Waals surface area contributed by atoms with Crippen LogP contribution in [0.4, 0.5) is 8.78 Å². The molecule has 0 saturated carbocycles. The Morgan fingerprint density at radius 1 is 0.808 bits per heavy atom. The third-order valence-corrected chi connectivity index (χ3v) is 4.76. The molecular formula is C20H12F2N4. The minimum Gasteiger partial charge on any atom is -0.399 e. The molecule has 0 radical (unpaired) electrons. The molecule has 1 aliphatic rings. The summed E-state index contributed by atoms with van der Waals surface area (Å²) in [6, 6.07) is 16.7. The van der Waals surface area contributed by atoms with Crippen molar-refractivity contribution in [2.24, 2.45) is 11.1 Å². The van der Waals surface area contributed by atoms with E-state index in [-0.39, 0.29) is 11.3 Å². The van der Waals surface area contributed by atoms with Gasteiger partial charge in [-0.1, -0.05) is 24.3 Å². The molecule has 0 spiro atoms. The second-order valence-electron chi connectivity index (χ2n) is 6.03. The highest BCUT2D eigenvalue weighted by Gasteiger charge is 2.55. The Morgan fingerprint density at radius 2 is 1.27 bits per heavy atom. The van der Waals surface area contributed by atoms with E-state index in [9.17, 15) is 24.6 Å². The van der Waals surface area contributed by atoms with Crippen molar-refractivity contribution in [1.29, 1.82) is 15.8 Å². The van der Waals surface area contributed by atoms with Crippen LogP contribution in [0.15, 0.2) is 59.8 Å². The summed E-state index contributed by atoms with van der Waals surface area (Å²) in [5.74, 6) is -2.46. The van der Waals surface area contributed by atoms with Gasteiger partial charge in [-0.25, -0.2) is 8.78 Å². The van der Waals surface area contributed by atoms with Gasteiger partial charge in [0, 0.05) is 11.8 Å². The fourth-order valence-corrected chi connectivity index (χ4v) is 3.52. The summed E-state index contributed by atoms with van der Waals surface area (Å²) in [5.41, 5.74) is 5.31. The molecule has 0 bridgehead atoms. The fraction of sp³-hybridized carbons (Fsp3) is 0.150. The predicted octanol–water partition coefficient (Wildman–Crippen LogP) is 3.62. The van der Waals surface area contributed by atoms with Crippen LogP contribution in [0, 0.1) is 51.0 Å². The van der Waals surface area contributed by atoms with Gasteiger partial charge < -0.3 is 5.73 Å². The Labute approximate surface area is 149 Å². The summed E-state index contributed by atoms with van der Waals surface area (Å²) in [7, 11) is 0. The maximum absolute atomic E-state index is 13.4. The van der Waals surface area contributed by atoms with Crippen molar-refractivity contribution in [3.05, 3.63) is 82.6 Å². The number of nitrogens with zero attached hydrogens (tertiary/aromatic N) is 3. The quantitative estimate of drug-likeness (QED) is 0.898. The molecule has 2 atom stereocenters. The SMILES string of the molecule is N#CC1=C(N)C(C#N)(C#N)[C@H](c2ccc(F)cc2)[C@@H]1c1ccc(F)cc1. The highest BCUT2D eigenvalue weighted by Crippen LogP contribution is 2.57. The molecule has 2 N–H and O–H groups in total. The van der Waals surface area contributed by atoms with E-state index in [4.69, 9.17) is 5.73 Å². The molecule has 4 nitrogen and oxygen atoms in total. The standard InChI is InChI=1S/C20H12F2N4/c21-14-5-1-12(2-6-14)17-16(9-23)19(26)20(10-24,11-25)18(17)13-3-7-15(22)8-4-13/h1-8,17-18H,26H2/t17-,18-/m1/s1. The van der Waals surface area contributed by atoms with Gasteiger partial charge in [-0.2, -0.15) is 15.8 Å². The van der Waals surface area contributed by atoms with Crippen LogP contribution in [-0.2, 0) is 0 Å². The lowest BCUT2D eigenvalue weighted by molar-refractivity contribution is 0.474. The van der Waals surface area contributed by atoms with Gasteiger partial charge >= 0.3 is 0 Å². The molecule has 0 aromatic heterocycles. The fourth-order valence-electron chi connectivity index (χ4n) is 3.52. The minimum absolute atomic E-state index is 0.0917. The number of hydrogen-bond acceptors (Lipinski definition) is 4. The Morgan fingerprint density at radius 3 is 1.69 bits per heavy atom. The van der Waals surface area contributed by atoms with E-state index in [1.165, 1.54) is 48.5 Å². The molecule has 2 aromatic carbocycles. The molecular weight excluding hydrogens is 334 g/mol. The Kier molecular flexibility index (Phi) is 4.16. The Balaban J connectivity index is 2.29. The molecule has 0 heterocycles. The Hall–Kier alpha value is -3.69. The molecule has 2 aromatic rings. The average molecular weight is 346 g/mol. The van der Waals surface area contributed by atoms with E-state index in [1.807, 2.05) is 18.2 Å². The van der Waals surface area contributed by atoms with Crippen LogP contribution in [0.1, 0.15) is 23.0 Å². The zero-order valence-corrected chi connectivity index (χ0v) is 13.4. The molecule has 0 unspecified atom stereocenters. The number of hydrogen-bond donors (Lipinski definition) is 1. The third kappa shape index (κ3) is 2.39. The normalized spacial score (nSPS) is 20.9. The van der Waals surface area contributed by atoms with Gasteiger partial charge in [0.1, 0.15) is 11.6 Å². The van der Waals surface area contributed by atoms with E-state index in [2.05, 4.69) is 0 Å². The maximum atomic E-state index is 13.4. The number of halogens is 2. The lowest BCUT2D eigenvalue weighted by Gasteiger charge is -2.28. The van der Waals surface area contributed by atoms with Crippen molar-refractivity contribution in [2.45, 2.75) is 11.8 Å². The highest BCUT2D eigenvalue weighted by molar-refractivity contribution is 5.58. The first-order valence-electron chi connectivity index (χ1n) is 7.72. The Bertz CT molecular complexity index is 988. The first-order chi connectivity index (χ1) is 12.5. The summed E-state index contributed by atoms with van der Waals surface area (Å²) >= 11 is 0. The molecule has 3 rings (SSSR count). The molecule has 0 amide bonds. The summed E-state index contributed by atoms with van der Waals surface area (Å²) in [5, 5.41) is 29.1. The average Bonchev–Trinajstić information content (AvgIpc) is 2.91. The minimum atomic E-state index is -1.78. The second kappa shape index (κ2) is 6.31. The number of nitriles is 3. The summed E-state index contributed by atoms with van der Waals surface area (Å²) < 4.78 is 26.7. The van der Waals surface area contributed by atoms with E-state index >= 15 is 0 Å². The van der Waals surface area contributed by atoms with E-state index in [0.717, 1.165) is 0 Å².